The average molecular weight is 388 g/mol. The molecular formula is C21H24N8. The minimum absolute atomic E-state index is 0.536. The second kappa shape index (κ2) is 7.29. The Hall–Kier alpha value is -3.26. The first-order valence-corrected chi connectivity index (χ1v) is 9.98. The van der Waals surface area contributed by atoms with E-state index in [1.807, 2.05) is 36.9 Å². The second-order valence-electron chi connectivity index (χ2n) is 7.41. The summed E-state index contributed by atoms with van der Waals surface area (Å²) in [5, 5.41) is 4.23. The van der Waals surface area contributed by atoms with Crippen molar-refractivity contribution in [2.45, 2.75) is 13.5 Å². The Kier molecular flexibility index (Phi) is 4.48. The molecule has 0 bridgehead atoms. The lowest BCUT2D eigenvalue weighted by Gasteiger charge is -2.33. The molecule has 3 aromatic heterocycles. The standard InChI is InChI=1S/C21H24N8/c1-3-28-14-24-17-6-4-15-12-23-21(26-19(15)20(17)28)25-18-7-5-16(13-22-18)29-10-8-27(2)9-11-29/h4-7,12-14H,3,8-11H2,1-2H3,(H,22,23,25,26). The first-order valence-electron chi connectivity index (χ1n) is 9.98. The van der Waals surface area contributed by atoms with Crippen LogP contribution in [-0.2, 0) is 6.54 Å². The van der Waals surface area contributed by atoms with Crippen LogP contribution in [0.25, 0.3) is 21.9 Å². The number of hydrogen-bond acceptors (Lipinski definition) is 7. The molecular weight excluding hydrogens is 364 g/mol. The fraction of sp³-hybridized carbons (Fsp3) is 0.333. The van der Waals surface area contributed by atoms with Crippen LogP contribution < -0.4 is 10.2 Å². The number of nitrogens with zero attached hydrogens (tertiary/aromatic N) is 7. The third kappa shape index (κ3) is 3.36. The van der Waals surface area contributed by atoms with Crippen LogP contribution in [0.3, 0.4) is 0 Å². The van der Waals surface area contributed by atoms with Crippen molar-refractivity contribution in [1.82, 2.24) is 29.4 Å². The molecule has 29 heavy (non-hydrogen) atoms. The van der Waals surface area contributed by atoms with E-state index < -0.39 is 0 Å². The fourth-order valence-electron chi connectivity index (χ4n) is 3.77. The van der Waals surface area contributed by atoms with Crippen molar-refractivity contribution in [2.75, 3.05) is 43.4 Å². The number of rotatable bonds is 4. The monoisotopic (exact) mass is 388 g/mol. The number of likely N-dealkylation sites (N-methyl/N-ethyl adjacent to an activating group) is 1. The van der Waals surface area contributed by atoms with Crippen molar-refractivity contribution < 1.29 is 0 Å². The summed E-state index contributed by atoms with van der Waals surface area (Å²) in [6.07, 6.45) is 5.62. The Bertz CT molecular complexity index is 1140. The van der Waals surface area contributed by atoms with E-state index in [4.69, 9.17) is 4.98 Å². The van der Waals surface area contributed by atoms with Crippen molar-refractivity contribution in [3.63, 3.8) is 0 Å². The van der Waals surface area contributed by atoms with Crippen LogP contribution >= 0.6 is 0 Å². The van der Waals surface area contributed by atoms with Crippen LogP contribution in [0.5, 0.6) is 0 Å². The molecule has 0 unspecified atom stereocenters. The number of fused-ring (bicyclic) bond motifs is 3. The van der Waals surface area contributed by atoms with Crippen LogP contribution in [0.4, 0.5) is 17.5 Å². The van der Waals surface area contributed by atoms with Crippen LogP contribution in [0.15, 0.2) is 43.0 Å². The van der Waals surface area contributed by atoms with Crippen molar-refractivity contribution in [2.24, 2.45) is 0 Å². The van der Waals surface area contributed by atoms with Crippen LogP contribution in [0, 0.1) is 0 Å². The zero-order chi connectivity index (χ0) is 19.8. The highest BCUT2D eigenvalue weighted by Gasteiger charge is 2.15. The smallest absolute Gasteiger partial charge is 0.228 e. The quantitative estimate of drug-likeness (QED) is 0.576. The Morgan fingerprint density at radius 1 is 0.966 bits per heavy atom. The Balaban J connectivity index is 1.41. The third-order valence-electron chi connectivity index (χ3n) is 5.53. The van der Waals surface area contributed by atoms with Gasteiger partial charge in [-0.25, -0.2) is 19.9 Å². The number of piperazine rings is 1. The predicted octanol–water partition coefficient (Wildman–Crippen LogP) is 2.89. The Morgan fingerprint density at radius 2 is 1.83 bits per heavy atom. The van der Waals surface area contributed by atoms with Gasteiger partial charge >= 0.3 is 0 Å². The number of hydrogen-bond donors (Lipinski definition) is 1. The minimum Gasteiger partial charge on any atom is -0.368 e. The summed E-state index contributed by atoms with van der Waals surface area (Å²) in [6, 6.07) is 8.11. The van der Waals surface area contributed by atoms with Gasteiger partial charge in [0.1, 0.15) is 11.3 Å². The highest BCUT2D eigenvalue weighted by atomic mass is 15.3. The number of aryl methyl sites for hydroxylation is 1. The summed E-state index contributed by atoms with van der Waals surface area (Å²) in [5.41, 5.74) is 4.03. The maximum atomic E-state index is 4.76. The highest BCUT2D eigenvalue weighted by Crippen LogP contribution is 2.25. The van der Waals surface area contributed by atoms with E-state index >= 15 is 0 Å². The molecule has 0 atom stereocenters. The van der Waals surface area contributed by atoms with E-state index in [2.05, 4.69) is 54.7 Å². The summed E-state index contributed by atoms with van der Waals surface area (Å²) in [4.78, 5) is 23.0. The lowest BCUT2D eigenvalue weighted by atomic mass is 10.2. The van der Waals surface area contributed by atoms with Crippen molar-refractivity contribution in [1.29, 1.82) is 0 Å². The van der Waals surface area contributed by atoms with E-state index in [9.17, 15) is 0 Å². The van der Waals surface area contributed by atoms with Crippen molar-refractivity contribution >= 4 is 39.4 Å². The molecule has 0 aliphatic carbocycles. The van der Waals surface area contributed by atoms with E-state index in [0.717, 1.165) is 66.2 Å². The van der Waals surface area contributed by atoms with E-state index in [0.29, 0.717) is 5.95 Å². The molecule has 1 fully saturated rings. The molecule has 0 radical (unpaired) electrons. The average Bonchev–Trinajstić information content (AvgIpc) is 3.19. The van der Waals surface area contributed by atoms with Gasteiger partial charge in [0.05, 0.1) is 29.2 Å². The third-order valence-corrected chi connectivity index (χ3v) is 5.53. The summed E-state index contributed by atoms with van der Waals surface area (Å²) >= 11 is 0. The molecule has 148 valence electrons. The zero-order valence-corrected chi connectivity index (χ0v) is 16.7. The number of imidazole rings is 1. The zero-order valence-electron chi connectivity index (χ0n) is 16.7. The number of nitrogens with one attached hydrogen (secondary N) is 1. The number of anilines is 3. The molecule has 1 aromatic carbocycles. The first kappa shape index (κ1) is 17.8. The Morgan fingerprint density at radius 3 is 2.59 bits per heavy atom. The molecule has 8 heteroatoms. The van der Waals surface area contributed by atoms with E-state index in [-0.39, 0.29) is 0 Å². The number of benzene rings is 1. The molecule has 5 rings (SSSR count). The van der Waals surface area contributed by atoms with Crippen LogP contribution in [-0.4, -0.2) is 62.6 Å². The molecule has 1 saturated heterocycles. The van der Waals surface area contributed by atoms with Gasteiger partial charge in [0.25, 0.3) is 0 Å². The summed E-state index contributed by atoms with van der Waals surface area (Å²) in [5.74, 6) is 1.27. The highest BCUT2D eigenvalue weighted by molar-refractivity contribution is 6.01. The van der Waals surface area contributed by atoms with Gasteiger partial charge in [0, 0.05) is 44.3 Å². The molecule has 1 aliphatic heterocycles. The van der Waals surface area contributed by atoms with Gasteiger partial charge in [-0.05, 0) is 38.2 Å². The molecule has 1 N–H and O–H groups in total. The van der Waals surface area contributed by atoms with Crippen molar-refractivity contribution in [3.05, 3.63) is 43.0 Å². The molecule has 0 saturated carbocycles. The van der Waals surface area contributed by atoms with Gasteiger partial charge in [0.2, 0.25) is 5.95 Å². The van der Waals surface area contributed by atoms with Crippen molar-refractivity contribution in [3.8, 4) is 0 Å². The van der Waals surface area contributed by atoms with E-state index in [1.165, 1.54) is 0 Å². The summed E-state index contributed by atoms with van der Waals surface area (Å²) in [6.45, 7) is 7.16. The van der Waals surface area contributed by atoms with Crippen LogP contribution in [0.2, 0.25) is 0 Å². The Labute approximate surface area is 169 Å². The van der Waals surface area contributed by atoms with Crippen LogP contribution in [0.1, 0.15) is 6.92 Å². The normalized spacial score (nSPS) is 15.3. The fourth-order valence-corrected chi connectivity index (χ4v) is 3.77. The van der Waals surface area contributed by atoms with Gasteiger partial charge in [0.15, 0.2) is 0 Å². The van der Waals surface area contributed by atoms with Gasteiger partial charge in [-0.2, -0.15) is 0 Å². The first-order chi connectivity index (χ1) is 14.2. The van der Waals surface area contributed by atoms with Gasteiger partial charge in [-0.1, -0.05) is 0 Å². The van der Waals surface area contributed by atoms with Gasteiger partial charge in [-0.15, -0.1) is 0 Å². The maximum absolute atomic E-state index is 4.76. The second-order valence-corrected chi connectivity index (χ2v) is 7.41. The maximum Gasteiger partial charge on any atom is 0.228 e. The number of pyridine rings is 1. The largest absolute Gasteiger partial charge is 0.368 e. The SMILES string of the molecule is CCn1cnc2ccc3cnc(Nc4ccc(N5CCN(C)CC5)cn4)nc3c21. The minimum atomic E-state index is 0.536. The molecule has 4 aromatic rings. The van der Waals surface area contributed by atoms with Gasteiger partial charge < -0.3 is 19.7 Å². The van der Waals surface area contributed by atoms with E-state index in [1.54, 1.807) is 0 Å². The molecule has 0 spiro atoms. The molecule has 1 aliphatic rings. The molecule has 0 amide bonds. The summed E-state index contributed by atoms with van der Waals surface area (Å²) in [7, 11) is 2.16. The van der Waals surface area contributed by atoms with Gasteiger partial charge in [-0.3, -0.25) is 0 Å². The molecule has 8 nitrogen and oxygen atoms in total. The lowest BCUT2D eigenvalue weighted by Crippen LogP contribution is -2.44. The summed E-state index contributed by atoms with van der Waals surface area (Å²) < 4.78 is 2.11. The topological polar surface area (TPSA) is 75.0 Å². The molecule has 4 heterocycles. The predicted molar refractivity (Wildman–Crippen MR) is 116 cm³/mol. The lowest BCUT2D eigenvalue weighted by molar-refractivity contribution is 0.313. The number of aromatic nitrogens is 5.